The minimum Gasteiger partial charge on any atom is -0.481 e. The van der Waals surface area contributed by atoms with Crippen molar-refractivity contribution in [3.63, 3.8) is 0 Å². The number of carboxylic acids is 1. The quantitative estimate of drug-likeness (QED) is 0.804. The fraction of sp³-hybridized carbons (Fsp3) is 0.400. The van der Waals surface area contributed by atoms with Crippen molar-refractivity contribution in [1.29, 1.82) is 0 Å². The van der Waals surface area contributed by atoms with Crippen LogP contribution in [0.2, 0.25) is 0 Å². The molecule has 1 aromatic heterocycles. The molecule has 0 spiro atoms. The number of benzene rings is 1. The number of carbonyl (C=O) groups is 2. The second-order valence-electron chi connectivity index (χ2n) is 6.92. The molecule has 2 aromatic rings. The summed E-state index contributed by atoms with van der Waals surface area (Å²) in [4.78, 5) is 34.1. The molecular formula is C20H23N3O4. The average Bonchev–Trinajstić information content (AvgIpc) is 2.70. The SMILES string of the molecule is O=C(c1cnccn1)N1CC[C@H](O)[C@](CCCc2ccccc2)(C(=O)O)C1. The number of rotatable bonds is 6. The minimum atomic E-state index is -1.37. The number of carboxylic acid groups (broad SMARTS) is 1. The van der Waals surface area contributed by atoms with E-state index in [2.05, 4.69) is 9.97 Å². The first kappa shape index (κ1) is 19.0. The molecule has 1 fully saturated rings. The van der Waals surface area contributed by atoms with Gasteiger partial charge in [-0.15, -0.1) is 0 Å². The Labute approximate surface area is 157 Å². The van der Waals surface area contributed by atoms with Crippen molar-refractivity contribution < 1.29 is 19.8 Å². The van der Waals surface area contributed by atoms with Gasteiger partial charge in [-0.2, -0.15) is 0 Å². The number of hydrogen-bond donors (Lipinski definition) is 2. The lowest BCUT2D eigenvalue weighted by Crippen LogP contribution is -2.57. The van der Waals surface area contributed by atoms with Crippen LogP contribution in [0.5, 0.6) is 0 Å². The zero-order valence-corrected chi connectivity index (χ0v) is 15.0. The van der Waals surface area contributed by atoms with Crippen LogP contribution in [0.25, 0.3) is 0 Å². The van der Waals surface area contributed by atoms with Crippen LogP contribution in [0.15, 0.2) is 48.9 Å². The first-order valence-corrected chi connectivity index (χ1v) is 9.03. The van der Waals surface area contributed by atoms with Crippen LogP contribution in [0.1, 0.15) is 35.3 Å². The summed E-state index contributed by atoms with van der Waals surface area (Å²) in [5.41, 5.74) is -0.0708. The highest BCUT2D eigenvalue weighted by molar-refractivity contribution is 5.92. The molecule has 0 unspecified atom stereocenters. The summed E-state index contributed by atoms with van der Waals surface area (Å²) in [5.74, 6) is -1.43. The van der Waals surface area contributed by atoms with E-state index < -0.39 is 17.5 Å². The third kappa shape index (κ3) is 4.14. The van der Waals surface area contributed by atoms with E-state index in [0.717, 1.165) is 12.0 Å². The molecule has 0 bridgehead atoms. The Morgan fingerprint density at radius 1 is 1.22 bits per heavy atom. The van der Waals surface area contributed by atoms with Gasteiger partial charge in [0.05, 0.1) is 12.3 Å². The number of aryl methyl sites for hydroxylation is 1. The number of hydrogen-bond acceptors (Lipinski definition) is 5. The molecule has 1 aliphatic heterocycles. The third-order valence-corrected chi connectivity index (χ3v) is 5.21. The fourth-order valence-corrected chi connectivity index (χ4v) is 3.64. The number of likely N-dealkylation sites (tertiary alicyclic amines) is 1. The zero-order chi connectivity index (χ0) is 19.3. The maximum absolute atomic E-state index is 12.7. The highest BCUT2D eigenvalue weighted by Crippen LogP contribution is 2.36. The number of nitrogens with zero attached hydrogens (tertiary/aromatic N) is 3. The molecule has 7 heteroatoms. The van der Waals surface area contributed by atoms with Crippen molar-refractivity contribution in [2.24, 2.45) is 5.41 Å². The molecule has 1 aliphatic rings. The first-order valence-electron chi connectivity index (χ1n) is 9.03. The van der Waals surface area contributed by atoms with Crippen LogP contribution in [0, 0.1) is 5.41 Å². The summed E-state index contributed by atoms with van der Waals surface area (Å²) in [6.07, 6.45) is 5.13. The Morgan fingerprint density at radius 3 is 2.67 bits per heavy atom. The van der Waals surface area contributed by atoms with Crippen molar-refractivity contribution >= 4 is 11.9 Å². The predicted octanol–water partition coefficient (Wildman–Crippen LogP) is 1.78. The van der Waals surface area contributed by atoms with Gasteiger partial charge >= 0.3 is 5.97 Å². The van der Waals surface area contributed by atoms with Gasteiger partial charge in [-0.1, -0.05) is 30.3 Å². The molecule has 1 saturated heterocycles. The molecule has 3 rings (SSSR count). The van der Waals surface area contributed by atoms with Gasteiger partial charge in [0.1, 0.15) is 11.1 Å². The predicted molar refractivity (Wildman–Crippen MR) is 98.0 cm³/mol. The fourth-order valence-electron chi connectivity index (χ4n) is 3.64. The van der Waals surface area contributed by atoms with Crippen molar-refractivity contribution in [2.45, 2.75) is 31.8 Å². The maximum Gasteiger partial charge on any atom is 0.314 e. The standard InChI is InChI=1S/C20H23N3O4/c24-17-8-12-23(18(25)16-13-21-10-11-22-16)14-20(17,19(26)27)9-4-7-15-5-2-1-3-6-15/h1-3,5-6,10-11,13,17,24H,4,7-9,12,14H2,(H,26,27)/t17-,20+/m0/s1. The lowest BCUT2D eigenvalue weighted by Gasteiger charge is -2.43. The van der Waals surface area contributed by atoms with Crippen LogP contribution in [-0.4, -0.2) is 56.2 Å². The molecule has 2 atom stereocenters. The number of amides is 1. The summed E-state index contributed by atoms with van der Waals surface area (Å²) < 4.78 is 0. The van der Waals surface area contributed by atoms with E-state index in [9.17, 15) is 19.8 Å². The van der Waals surface area contributed by atoms with Gasteiger partial charge in [0, 0.05) is 25.5 Å². The molecule has 2 N–H and O–H groups in total. The Hall–Kier alpha value is -2.80. The van der Waals surface area contributed by atoms with Crippen LogP contribution in [-0.2, 0) is 11.2 Å². The third-order valence-electron chi connectivity index (χ3n) is 5.21. The first-order chi connectivity index (χ1) is 13.0. The van der Waals surface area contributed by atoms with Gasteiger partial charge in [-0.3, -0.25) is 14.6 Å². The summed E-state index contributed by atoms with van der Waals surface area (Å²) in [6, 6.07) is 9.81. The molecule has 0 aliphatic carbocycles. The highest BCUT2D eigenvalue weighted by atomic mass is 16.4. The van der Waals surface area contributed by atoms with Crippen LogP contribution < -0.4 is 0 Å². The topological polar surface area (TPSA) is 104 Å². The zero-order valence-electron chi connectivity index (χ0n) is 15.0. The minimum absolute atomic E-state index is 0.0340. The van der Waals surface area contributed by atoms with Crippen molar-refractivity contribution in [3.05, 3.63) is 60.2 Å². The summed E-state index contributed by atoms with van der Waals surface area (Å²) in [6.45, 7) is 0.262. The Morgan fingerprint density at radius 2 is 2.00 bits per heavy atom. The molecule has 0 saturated carbocycles. The number of aliphatic hydroxyl groups excluding tert-OH is 1. The van der Waals surface area contributed by atoms with Gasteiger partial charge in [-0.05, 0) is 31.2 Å². The van der Waals surface area contributed by atoms with Crippen molar-refractivity contribution in [2.75, 3.05) is 13.1 Å². The normalized spacial score (nSPS) is 22.4. The van der Waals surface area contributed by atoms with Gasteiger partial charge in [0.2, 0.25) is 0 Å². The number of aromatic nitrogens is 2. The molecule has 1 aromatic carbocycles. The second kappa shape index (κ2) is 8.26. The van der Waals surface area contributed by atoms with E-state index in [1.54, 1.807) is 0 Å². The number of piperidine rings is 1. The number of carbonyl (C=O) groups excluding carboxylic acids is 1. The lowest BCUT2D eigenvalue weighted by molar-refractivity contribution is -0.162. The molecule has 0 radical (unpaired) electrons. The monoisotopic (exact) mass is 369 g/mol. The largest absolute Gasteiger partial charge is 0.481 e. The molecule has 142 valence electrons. The van der Waals surface area contributed by atoms with Gasteiger partial charge in [0.15, 0.2) is 0 Å². The number of aliphatic hydroxyl groups is 1. The van der Waals surface area contributed by atoms with Crippen LogP contribution in [0.4, 0.5) is 0 Å². The maximum atomic E-state index is 12.7. The van der Waals surface area contributed by atoms with Gasteiger partial charge in [0.25, 0.3) is 5.91 Å². The van der Waals surface area contributed by atoms with E-state index in [1.807, 2.05) is 30.3 Å². The molecule has 1 amide bonds. The average molecular weight is 369 g/mol. The van der Waals surface area contributed by atoms with E-state index in [-0.39, 0.29) is 24.6 Å². The van der Waals surface area contributed by atoms with Crippen LogP contribution >= 0.6 is 0 Å². The lowest BCUT2D eigenvalue weighted by atomic mass is 9.73. The van der Waals surface area contributed by atoms with E-state index >= 15 is 0 Å². The Balaban J connectivity index is 1.73. The van der Waals surface area contributed by atoms with Crippen molar-refractivity contribution in [1.82, 2.24) is 14.9 Å². The second-order valence-corrected chi connectivity index (χ2v) is 6.92. The smallest absolute Gasteiger partial charge is 0.314 e. The van der Waals surface area contributed by atoms with E-state index in [4.69, 9.17) is 0 Å². The van der Waals surface area contributed by atoms with Gasteiger partial charge < -0.3 is 15.1 Å². The Bertz CT molecular complexity index is 784. The van der Waals surface area contributed by atoms with E-state index in [0.29, 0.717) is 19.4 Å². The summed E-state index contributed by atoms with van der Waals surface area (Å²) in [5, 5.41) is 20.4. The highest BCUT2D eigenvalue weighted by Gasteiger charge is 2.49. The van der Waals surface area contributed by atoms with Crippen molar-refractivity contribution in [3.8, 4) is 0 Å². The number of aliphatic carboxylic acids is 1. The van der Waals surface area contributed by atoms with E-state index in [1.165, 1.54) is 23.5 Å². The summed E-state index contributed by atoms with van der Waals surface area (Å²) in [7, 11) is 0. The van der Waals surface area contributed by atoms with Gasteiger partial charge in [-0.25, -0.2) is 4.98 Å². The summed E-state index contributed by atoms with van der Waals surface area (Å²) >= 11 is 0. The molecule has 27 heavy (non-hydrogen) atoms. The van der Waals surface area contributed by atoms with Crippen LogP contribution in [0.3, 0.4) is 0 Å². The molecule has 2 heterocycles. The molecule has 7 nitrogen and oxygen atoms in total. The Kier molecular flexibility index (Phi) is 5.81. The molecular weight excluding hydrogens is 346 g/mol.